The number of hydrogen-bond acceptors (Lipinski definition) is 3. The van der Waals surface area contributed by atoms with E-state index < -0.39 is 0 Å². The number of H-pyrrole nitrogens is 1. The number of carbonyl (C=O) groups is 1. The number of amides is 1. The summed E-state index contributed by atoms with van der Waals surface area (Å²) in [7, 11) is 0. The monoisotopic (exact) mass is 248 g/mol. The van der Waals surface area contributed by atoms with E-state index in [1.165, 1.54) is 0 Å². The Hall–Kier alpha value is -1.65. The first-order valence-corrected chi connectivity index (χ1v) is 6.28. The largest absolute Gasteiger partial charge is 0.329 e. The van der Waals surface area contributed by atoms with Crippen LogP contribution >= 0.6 is 0 Å². The van der Waals surface area contributed by atoms with Crippen molar-refractivity contribution in [3.63, 3.8) is 0 Å². The van der Waals surface area contributed by atoms with Crippen LogP contribution in [-0.2, 0) is 5.41 Å². The third kappa shape index (κ3) is 2.60. The molecule has 0 aliphatic heterocycles. The van der Waals surface area contributed by atoms with E-state index in [0.29, 0.717) is 12.6 Å². The zero-order valence-electron chi connectivity index (χ0n) is 11.2. The predicted molar refractivity (Wildman–Crippen MR) is 69.3 cm³/mol. The van der Waals surface area contributed by atoms with Gasteiger partial charge in [-0.15, -0.1) is 11.7 Å². The summed E-state index contributed by atoms with van der Waals surface area (Å²) in [4.78, 5) is 18.4. The van der Waals surface area contributed by atoms with E-state index in [4.69, 9.17) is 0 Å². The molecule has 0 aromatic carbocycles. The second kappa shape index (κ2) is 4.55. The van der Waals surface area contributed by atoms with Crippen LogP contribution in [0, 0.1) is 0 Å². The highest BCUT2D eigenvalue weighted by molar-refractivity contribution is 5.91. The highest BCUT2D eigenvalue weighted by atomic mass is 16.2. The van der Waals surface area contributed by atoms with Gasteiger partial charge in [-0.05, 0) is 12.8 Å². The smallest absolute Gasteiger partial charge is 0.294 e. The molecule has 0 atom stereocenters. The lowest BCUT2D eigenvalue weighted by molar-refractivity contribution is 0.0750. The number of aromatic amines is 1. The Morgan fingerprint density at radius 2 is 2.22 bits per heavy atom. The summed E-state index contributed by atoms with van der Waals surface area (Å²) in [5.41, 5.74) is -0.131. The summed E-state index contributed by atoms with van der Waals surface area (Å²) >= 11 is 0. The van der Waals surface area contributed by atoms with E-state index in [-0.39, 0.29) is 17.1 Å². The van der Waals surface area contributed by atoms with Crippen LogP contribution < -0.4 is 0 Å². The fraction of sp³-hybridized carbons (Fsp3) is 0.615. The van der Waals surface area contributed by atoms with Crippen molar-refractivity contribution >= 4 is 5.91 Å². The minimum atomic E-state index is -0.131. The normalized spacial score (nSPS) is 15.5. The van der Waals surface area contributed by atoms with Crippen LogP contribution in [0.15, 0.2) is 12.7 Å². The third-order valence-corrected chi connectivity index (χ3v) is 2.96. The molecule has 2 rings (SSSR count). The molecule has 1 aliphatic carbocycles. The predicted octanol–water partition coefficient (Wildman–Crippen LogP) is 1.89. The molecule has 1 N–H and O–H groups in total. The topological polar surface area (TPSA) is 61.9 Å². The van der Waals surface area contributed by atoms with E-state index in [1.807, 2.05) is 20.8 Å². The zero-order chi connectivity index (χ0) is 13.3. The number of aromatic nitrogens is 3. The van der Waals surface area contributed by atoms with Crippen molar-refractivity contribution in [2.24, 2.45) is 0 Å². The van der Waals surface area contributed by atoms with Crippen molar-refractivity contribution in [3.8, 4) is 0 Å². The number of rotatable bonds is 4. The fourth-order valence-electron chi connectivity index (χ4n) is 1.74. The standard InChI is InChI=1S/C13H20N4O/c1-5-8-17(9-6-7-9)11(18)10-14-12(16-15-10)13(2,3)4/h5,9H,1,6-8H2,2-4H3,(H,14,15,16). The molecule has 0 saturated heterocycles. The van der Waals surface area contributed by atoms with Crippen molar-refractivity contribution in [2.75, 3.05) is 6.54 Å². The van der Waals surface area contributed by atoms with Crippen LogP contribution in [0.25, 0.3) is 0 Å². The van der Waals surface area contributed by atoms with Gasteiger partial charge in [-0.2, -0.15) is 0 Å². The molecule has 98 valence electrons. The van der Waals surface area contributed by atoms with Gasteiger partial charge in [-0.3, -0.25) is 9.89 Å². The van der Waals surface area contributed by atoms with Gasteiger partial charge in [0.25, 0.3) is 5.91 Å². The molecule has 0 bridgehead atoms. The van der Waals surface area contributed by atoms with Crippen LogP contribution in [0.2, 0.25) is 0 Å². The molecule has 1 amide bonds. The van der Waals surface area contributed by atoms with E-state index >= 15 is 0 Å². The summed E-state index contributed by atoms with van der Waals surface area (Å²) in [6.45, 7) is 10.3. The Morgan fingerprint density at radius 3 is 2.67 bits per heavy atom. The summed E-state index contributed by atoms with van der Waals surface area (Å²) < 4.78 is 0. The van der Waals surface area contributed by atoms with Crippen LogP contribution in [0.3, 0.4) is 0 Å². The Morgan fingerprint density at radius 1 is 1.56 bits per heavy atom. The first-order chi connectivity index (χ1) is 8.43. The summed E-state index contributed by atoms with van der Waals surface area (Å²) in [6.07, 6.45) is 3.87. The lowest BCUT2D eigenvalue weighted by atomic mass is 9.96. The first-order valence-electron chi connectivity index (χ1n) is 6.28. The fourth-order valence-corrected chi connectivity index (χ4v) is 1.74. The summed E-state index contributed by atoms with van der Waals surface area (Å²) in [5.74, 6) is 0.887. The Kier molecular flexibility index (Phi) is 3.24. The van der Waals surface area contributed by atoms with Gasteiger partial charge in [-0.1, -0.05) is 26.8 Å². The number of nitrogens with zero attached hydrogens (tertiary/aromatic N) is 3. The Bertz CT molecular complexity index is 454. The SMILES string of the molecule is C=CCN(C(=O)c1n[nH]c(C(C)(C)C)n1)C1CC1. The molecule has 1 heterocycles. The second-order valence-electron chi connectivity index (χ2n) is 5.73. The number of nitrogens with one attached hydrogen (secondary N) is 1. The van der Waals surface area contributed by atoms with Crippen molar-refractivity contribution < 1.29 is 4.79 Å². The minimum absolute atomic E-state index is 0.107. The van der Waals surface area contributed by atoms with Gasteiger partial charge < -0.3 is 4.90 Å². The molecular weight excluding hydrogens is 228 g/mol. The maximum Gasteiger partial charge on any atom is 0.294 e. The molecule has 5 heteroatoms. The van der Waals surface area contributed by atoms with Gasteiger partial charge in [0.2, 0.25) is 5.82 Å². The molecule has 1 saturated carbocycles. The van der Waals surface area contributed by atoms with Gasteiger partial charge in [0.05, 0.1) is 0 Å². The minimum Gasteiger partial charge on any atom is -0.329 e. The highest BCUT2D eigenvalue weighted by Crippen LogP contribution is 2.28. The molecular formula is C13H20N4O. The Labute approximate surface area is 107 Å². The van der Waals surface area contributed by atoms with E-state index in [0.717, 1.165) is 18.7 Å². The van der Waals surface area contributed by atoms with Gasteiger partial charge >= 0.3 is 0 Å². The molecule has 5 nitrogen and oxygen atoms in total. The quantitative estimate of drug-likeness (QED) is 0.828. The Balaban J connectivity index is 2.17. The van der Waals surface area contributed by atoms with Crippen LogP contribution in [-0.4, -0.2) is 38.6 Å². The third-order valence-electron chi connectivity index (χ3n) is 2.96. The maximum absolute atomic E-state index is 12.3. The molecule has 1 fully saturated rings. The van der Waals surface area contributed by atoms with Crippen molar-refractivity contribution in [3.05, 3.63) is 24.3 Å². The van der Waals surface area contributed by atoms with Gasteiger partial charge in [0, 0.05) is 18.0 Å². The lowest BCUT2D eigenvalue weighted by Gasteiger charge is -2.18. The molecule has 0 spiro atoms. The van der Waals surface area contributed by atoms with Gasteiger partial charge in [0.15, 0.2) is 0 Å². The van der Waals surface area contributed by atoms with Crippen LogP contribution in [0.5, 0.6) is 0 Å². The van der Waals surface area contributed by atoms with Gasteiger partial charge in [-0.25, -0.2) is 4.98 Å². The van der Waals surface area contributed by atoms with Crippen molar-refractivity contribution in [2.45, 2.75) is 45.1 Å². The number of hydrogen-bond donors (Lipinski definition) is 1. The summed E-state index contributed by atoms with van der Waals surface area (Å²) in [6, 6.07) is 0.340. The highest BCUT2D eigenvalue weighted by Gasteiger charge is 2.34. The maximum atomic E-state index is 12.3. The average molecular weight is 248 g/mol. The second-order valence-corrected chi connectivity index (χ2v) is 5.73. The molecule has 1 aromatic heterocycles. The van der Waals surface area contributed by atoms with Crippen molar-refractivity contribution in [1.82, 2.24) is 20.1 Å². The van der Waals surface area contributed by atoms with Crippen LogP contribution in [0.4, 0.5) is 0 Å². The molecule has 1 aliphatic rings. The molecule has 0 radical (unpaired) electrons. The molecule has 1 aromatic rings. The van der Waals surface area contributed by atoms with Crippen molar-refractivity contribution in [1.29, 1.82) is 0 Å². The number of carbonyl (C=O) groups excluding carboxylic acids is 1. The van der Waals surface area contributed by atoms with E-state index in [9.17, 15) is 4.79 Å². The first kappa shape index (κ1) is 12.8. The molecule has 18 heavy (non-hydrogen) atoms. The van der Waals surface area contributed by atoms with Crippen LogP contribution in [0.1, 0.15) is 50.1 Å². The molecule has 0 unspecified atom stereocenters. The lowest BCUT2D eigenvalue weighted by Crippen LogP contribution is -2.34. The zero-order valence-corrected chi connectivity index (χ0v) is 11.2. The van der Waals surface area contributed by atoms with E-state index in [2.05, 4.69) is 21.8 Å². The van der Waals surface area contributed by atoms with Gasteiger partial charge in [0.1, 0.15) is 5.82 Å². The average Bonchev–Trinajstić information content (AvgIpc) is 2.99. The summed E-state index contributed by atoms with van der Waals surface area (Å²) in [5, 5.41) is 6.88. The van der Waals surface area contributed by atoms with E-state index in [1.54, 1.807) is 11.0 Å².